The molecule has 0 aliphatic rings. The Morgan fingerprint density at radius 3 is 2.56 bits per heavy atom. The molecule has 0 aliphatic heterocycles. The first-order valence-electron chi connectivity index (χ1n) is 13.5. The summed E-state index contributed by atoms with van der Waals surface area (Å²) in [4.78, 5) is 43.0. The summed E-state index contributed by atoms with van der Waals surface area (Å²) < 4.78 is 32.8. The van der Waals surface area contributed by atoms with Gasteiger partial charge in [0.25, 0.3) is 0 Å². The number of benzene rings is 2. The lowest BCUT2D eigenvalue weighted by Crippen LogP contribution is -2.42. The smallest absolute Gasteiger partial charge is 0.412 e. The normalized spacial score (nSPS) is 11.3. The number of hydrogen-bond acceptors (Lipinski definition) is 6. The predicted octanol–water partition coefficient (Wildman–Crippen LogP) is 5.27. The fourth-order valence-corrected chi connectivity index (χ4v) is 4.35. The number of pyridine rings is 1. The van der Waals surface area contributed by atoms with Gasteiger partial charge in [-0.05, 0) is 67.0 Å². The van der Waals surface area contributed by atoms with E-state index in [1.54, 1.807) is 19.2 Å². The van der Waals surface area contributed by atoms with E-state index < -0.39 is 23.8 Å². The molecule has 3 rings (SSSR count). The minimum absolute atomic E-state index is 0. The first kappa shape index (κ1) is 35.2. The van der Waals surface area contributed by atoms with Crippen LogP contribution < -0.4 is 16.0 Å². The van der Waals surface area contributed by atoms with Crippen LogP contribution in [0.2, 0.25) is 5.02 Å². The molecule has 1 aromatic heterocycles. The number of carbonyl (C=O) groups is 3. The number of aliphatic hydroxyl groups excluding tert-OH is 1. The van der Waals surface area contributed by atoms with Crippen molar-refractivity contribution in [3.05, 3.63) is 70.9 Å². The average molecular weight is 622 g/mol. The number of amides is 4. The second-order valence-electron chi connectivity index (χ2n) is 9.56. The Labute approximate surface area is 254 Å². The summed E-state index contributed by atoms with van der Waals surface area (Å²) in [6.07, 6.45) is 2.25. The highest BCUT2D eigenvalue weighted by Gasteiger charge is 2.22. The number of aliphatic hydroxyl groups is 1. The SMILES string of the molecule is C.CN(C(=O)CCc1cccc(F)c1Cl)[C@@H](CCCNC(=O)NCCCO)COC(=O)Nc1cc2cc(F)ccc2cn1. The Hall–Kier alpha value is -4.03. The summed E-state index contributed by atoms with van der Waals surface area (Å²) in [6, 6.07) is 9.22. The third-order valence-corrected chi connectivity index (χ3v) is 6.95. The maximum absolute atomic E-state index is 13.8. The van der Waals surface area contributed by atoms with Gasteiger partial charge in [-0.25, -0.2) is 23.4 Å². The molecule has 0 aliphatic carbocycles. The quantitative estimate of drug-likeness (QED) is 0.181. The number of fused-ring (bicyclic) bond motifs is 1. The number of aryl methyl sites for hydroxylation is 1. The highest BCUT2D eigenvalue weighted by atomic mass is 35.5. The van der Waals surface area contributed by atoms with E-state index in [-0.39, 0.29) is 56.3 Å². The van der Waals surface area contributed by atoms with Crippen LogP contribution in [0.1, 0.15) is 38.7 Å². The molecular weight excluding hydrogens is 584 g/mol. The molecule has 0 unspecified atom stereocenters. The number of anilines is 1. The molecule has 0 saturated heterocycles. The van der Waals surface area contributed by atoms with Crippen LogP contribution in [0, 0.1) is 11.6 Å². The van der Waals surface area contributed by atoms with Gasteiger partial charge in [0.05, 0.1) is 11.1 Å². The zero-order valence-electron chi connectivity index (χ0n) is 23.2. The van der Waals surface area contributed by atoms with E-state index in [1.807, 2.05) is 0 Å². The molecule has 0 fully saturated rings. The lowest BCUT2D eigenvalue weighted by Gasteiger charge is -2.28. The van der Waals surface area contributed by atoms with Gasteiger partial charge in [0, 0.05) is 44.7 Å². The number of ether oxygens (including phenoxy) is 1. The van der Waals surface area contributed by atoms with Crippen molar-refractivity contribution in [3.63, 3.8) is 0 Å². The molecule has 0 bridgehead atoms. The molecule has 1 heterocycles. The summed E-state index contributed by atoms with van der Waals surface area (Å²) in [5.74, 6) is -1.08. The Morgan fingerprint density at radius 2 is 1.81 bits per heavy atom. The number of rotatable bonds is 14. The Kier molecular flexibility index (Phi) is 14.6. The maximum atomic E-state index is 13.8. The van der Waals surface area contributed by atoms with Crippen LogP contribution in [0.3, 0.4) is 0 Å². The van der Waals surface area contributed by atoms with Crippen LogP contribution in [-0.2, 0) is 16.0 Å². The minimum Gasteiger partial charge on any atom is -0.447 e. The molecule has 2 aromatic carbocycles. The first-order valence-corrected chi connectivity index (χ1v) is 13.9. The van der Waals surface area contributed by atoms with E-state index >= 15 is 0 Å². The van der Waals surface area contributed by atoms with Crippen LogP contribution in [-0.4, -0.2) is 72.4 Å². The fraction of sp³-hybridized carbons (Fsp3) is 0.400. The number of aromatic nitrogens is 1. The van der Waals surface area contributed by atoms with E-state index in [0.717, 1.165) is 0 Å². The average Bonchev–Trinajstić information content (AvgIpc) is 2.97. The molecule has 0 radical (unpaired) electrons. The van der Waals surface area contributed by atoms with E-state index in [0.29, 0.717) is 48.7 Å². The third-order valence-electron chi connectivity index (χ3n) is 6.52. The van der Waals surface area contributed by atoms with Crippen molar-refractivity contribution in [1.82, 2.24) is 20.5 Å². The molecular formula is C30H38ClF2N5O5. The second kappa shape index (κ2) is 17.8. The molecule has 1 atom stereocenters. The zero-order valence-corrected chi connectivity index (χ0v) is 23.9. The maximum Gasteiger partial charge on any atom is 0.412 e. The number of nitrogens with one attached hydrogen (secondary N) is 3. The summed E-state index contributed by atoms with van der Waals surface area (Å²) in [6.45, 7) is 0.449. The van der Waals surface area contributed by atoms with Crippen molar-refractivity contribution in [2.75, 3.05) is 38.7 Å². The molecule has 13 heteroatoms. The van der Waals surface area contributed by atoms with Crippen molar-refractivity contribution >= 4 is 46.2 Å². The molecule has 0 saturated carbocycles. The standard InChI is InChI=1S/C29H34ClF2N5O5.CH4/c1-37(26(39)11-9-19-5-2-7-24(32)27(19)30)23(6-3-12-33-28(40)34-13-4-14-38)18-42-29(41)36-25-16-21-15-22(31)10-8-20(21)17-35-25;/h2,5,7-8,10,15-17,23,38H,3-4,6,9,11-14,18H2,1H3,(H2,33,34,40)(H,35,36,41);1H4/t23-;/m0./s1. The first-order chi connectivity index (χ1) is 20.2. The van der Waals surface area contributed by atoms with E-state index in [4.69, 9.17) is 21.4 Å². The lowest BCUT2D eigenvalue weighted by atomic mass is 10.1. The van der Waals surface area contributed by atoms with Crippen molar-refractivity contribution in [3.8, 4) is 0 Å². The van der Waals surface area contributed by atoms with E-state index in [9.17, 15) is 23.2 Å². The zero-order chi connectivity index (χ0) is 30.5. The van der Waals surface area contributed by atoms with Gasteiger partial charge in [-0.2, -0.15) is 0 Å². The monoisotopic (exact) mass is 621 g/mol. The van der Waals surface area contributed by atoms with E-state index in [2.05, 4.69) is 20.9 Å². The topological polar surface area (TPSA) is 133 Å². The lowest BCUT2D eigenvalue weighted by molar-refractivity contribution is -0.132. The summed E-state index contributed by atoms with van der Waals surface area (Å²) >= 11 is 6.02. The largest absolute Gasteiger partial charge is 0.447 e. The van der Waals surface area contributed by atoms with Crippen molar-refractivity contribution < 1.29 is 33.0 Å². The van der Waals surface area contributed by atoms with Crippen LogP contribution in [0.15, 0.2) is 48.7 Å². The molecule has 0 spiro atoms. The van der Waals surface area contributed by atoms with Crippen molar-refractivity contribution in [2.45, 2.75) is 45.6 Å². The summed E-state index contributed by atoms with van der Waals surface area (Å²) in [7, 11) is 1.58. The highest BCUT2D eigenvalue weighted by molar-refractivity contribution is 6.31. The van der Waals surface area contributed by atoms with Crippen LogP contribution in [0.25, 0.3) is 10.8 Å². The van der Waals surface area contributed by atoms with Gasteiger partial charge in [-0.1, -0.05) is 31.2 Å². The van der Waals surface area contributed by atoms with Crippen LogP contribution >= 0.6 is 11.6 Å². The van der Waals surface area contributed by atoms with Gasteiger partial charge in [0.2, 0.25) is 5.91 Å². The number of urea groups is 1. The van der Waals surface area contributed by atoms with Crippen molar-refractivity contribution in [1.29, 1.82) is 0 Å². The van der Waals surface area contributed by atoms with Crippen LogP contribution in [0.5, 0.6) is 0 Å². The second-order valence-corrected chi connectivity index (χ2v) is 9.94. The number of halogens is 3. The summed E-state index contributed by atoms with van der Waals surface area (Å²) in [5, 5.41) is 17.9. The molecule has 3 aromatic rings. The molecule has 43 heavy (non-hydrogen) atoms. The number of nitrogens with zero attached hydrogens (tertiary/aromatic N) is 2. The molecule has 4 N–H and O–H groups in total. The number of hydrogen-bond donors (Lipinski definition) is 4. The molecule has 234 valence electrons. The highest BCUT2D eigenvalue weighted by Crippen LogP contribution is 2.22. The van der Waals surface area contributed by atoms with Gasteiger partial charge in [0.15, 0.2) is 0 Å². The predicted molar refractivity (Wildman–Crippen MR) is 162 cm³/mol. The molecule has 4 amide bonds. The van der Waals surface area contributed by atoms with Gasteiger partial charge in [0.1, 0.15) is 24.1 Å². The summed E-state index contributed by atoms with van der Waals surface area (Å²) in [5.41, 5.74) is 0.504. The van der Waals surface area contributed by atoms with E-state index in [1.165, 1.54) is 41.4 Å². The van der Waals surface area contributed by atoms with Gasteiger partial charge in [-0.3, -0.25) is 10.1 Å². The Morgan fingerprint density at radius 1 is 1.07 bits per heavy atom. The Balaban J connectivity index is 0.00000645. The van der Waals surface area contributed by atoms with Crippen LogP contribution in [0.4, 0.5) is 24.2 Å². The fourth-order valence-electron chi connectivity index (χ4n) is 4.13. The van der Waals surface area contributed by atoms with Gasteiger partial charge < -0.3 is 25.4 Å². The molecule has 10 nitrogen and oxygen atoms in total. The van der Waals surface area contributed by atoms with Gasteiger partial charge >= 0.3 is 12.1 Å². The third kappa shape index (κ3) is 11.3. The van der Waals surface area contributed by atoms with Gasteiger partial charge in [-0.15, -0.1) is 0 Å². The Bertz CT molecular complexity index is 1380. The minimum atomic E-state index is -0.808. The van der Waals surface area contributed by atoms with Crippen molar-refractivity contribution in [2.24, 2.45) is 0 Å². The number of carbonyl (C=O) groups excluding carboxylic acids is 3. The number of likely N-dealkylation sites (N-methyl/N-ethyl adjacent to an activating group) is 1.